The Bertz CT molecular complexity index is 734. The lowest BCUT2D eigenvalue weighted by Crippen LogP contribution is -2.20. The normalized spacial score (nSPS) is 11.2. The van der Waals surface area contributed by atoms with Gasteiger partial charge in [0.1, 0.15) is 0 Å². The minimum Gasteiger partial charge on any atom is -0.493 e. The number of nitrogens with one attached hydrogen (secondary N) is 1. The number of benzene rings is 1. The molecular weight excluding hydrogens is 326 g/mol. The first-order valence-corrected chi connectivity index (χ1v) is 8.75. The van der Waals surface area contributed by atoms with Gasteiger partial charge in [-0.1, -0.05) is 33.4 Å². The zero-order valence-electron chi connectivity index (χ0n) is 16.1. The number of methoxy groups -OCH3 is 1. The highest BCUT2D eigenvalue weighted by molar-refractivity contribution is 5.59. The van der Waals surface area contributed by atoms with Crippen molar-refractivity contribution in [3.63, 3.8) is 0 Å². The molecule has 0 amide bonds. The highest BCUT2D eigenvalue weighted by Crippen LogP contribution is 2.31. The van der Waals surface area contributed by atoms with Gasteiger partial charge in [-0.25, -0.2) is 4.98 Å². The molecule has 0 atom stereocenters. The molecule has 0 aliphatic carbocycles. The number of pyridine rings is 1. The van der Waals surface area contributed by atoms with Crippen molar-refractivity contribution in [2.75, 3.05) is 13.7 Å². The van der Waals surface area contributed by atoms with E-state index >= 15 is 0 Å². The summed E-state index contributed by atoms with van der Waals surface area (Å²) in [6.07, 6.45) is 2.76. The summed E-state index contributed by atoms with van der Waals surface area (Å²) in [6, 6.07) is 9.49. The monoisotopic (exact) mass is 355 g/mol. The number of hydrogen-bond acceptors (Lipinski definition) is 5. The van der Waals surface area contributed by atoms with E-state index in [1.807, 2.05) is 24.3 Å². The van der Waals surface area contributed by atoms with Gasteiger partial charge in [0.25, 0.3) is 0 Å². The first kappa shape index (κ1) is 19.8. The topological polar surface area (TPSA) is 69.4 Å². The van der Waals surface area contributed by atoms with Gasteiger partial charge in [-0.2, -0.15) is 0 Å². The van der Waals surface area contributed by atoms with E-state index in [-0.39, 0.29) is 0 Å². The van der Waals surface area contributed by atoms with Crippen molar-refractivity contribution < 1.29 is 9.47 Å². The van der Waals surface area contributed by atoms with E-state index in [1.165, 1.54) is 0 Å². The molecule has 1 aromatic heterocycles. The molecule has 0 spiro atoms. The smallest absolute Gasteiger partial charge is 0.219 e. The van der Waals surface area contributed by atoms with Gasteiger partial charge in [0.2, 0.25) is 5.88 Å². The Morgan fingerprint density at radius 3 is 2.54 bits per heavy atom. The molecule has 0 aliphatic heterocycles. The van der Waals surface area contributed by atoms with Crippen LogP contribution < -0.4 is 20.5 Å². The van der Waals surface area contributed by atoms with Gasteiger partial charge in [-0.05, 0) is 42.1 Å². The van der Waals surface area contributed by atoms with Gasteiger partial charge in [-0.3, -0.25) is 0 Å². The Kier molecular flexibility index (Phi) is 6.64. The maximum Gasteiger partial charge on any atom is 0.219 e. The third-order valence-corrected chi connectivity index (χ3v) is 3.93. The molecule has 0 saturated carbocycles. The molecule has 1 heterocycles. The molecule has 0 radical (unpaired) electrons. The Morgan fingerprint density at radius 2 is 1.96 bits per heavy atom. The van der Waals surface area contributed by atoms with Gasteiger partial charge >= 0.3 is 0 Å². The lowest BCUT2D eigenvalue weighted by Gasteiger charge is -2.18. The van der Waals surface area contributed by atoms with Crippen LogP contribution in [0.25, 0.3) is 5.70 Å². The van der Waals surface area contributed by atoms with E-state index in [1.54, 1.807) is 19.4 Å². The predicted molar refractivity (Wildman–Crippen MR) is 106 cm³/mol. The van der Waals surface area contributed by atoms with Crippen molar-refractivity contribution in [1.29, 1.82) is 0 Å². The summed E-state index contributed by atoms with van der Waals surface area (Å²) in [5.74, 6) is 1.77. The molecule has 26 heavy (non-hydrogen) atoms. The third-order valence-electron chi connectivity index (χ3n) is 3.93. The summed E-state index contributed by atoms with van der Waals surface area (Å²) in [6.45, 7) is 12.2. The molecule has 1 aromatic carbocycles. The lowest BCUT2D eigenvalue weighted by molar-refractivity contribution is 0.365. The lowest BCUT2D eigenvalue weighted by atomic mass is 9.92. The number of nitrogens with zero attached hydrogens (tertiary/aromatic N) is 1. The van der Waals surface area contributed by atoms with Gasteiger partial charge in [-0.15, -0.1) is 0 Å². The standard InChI is InChI=1S/C21H29N3O2/c1-15(22)17-7-9-20(24-14-17)26-18-8-6-16(12-19(18)25-5)13-23-11-10-21(2,3)4/h6-9,12,14,23H,1,10-11,13,22H2,2-5H3. The summed E-state index contributed by atoms with van der Waals surface area (Å²) in [7, 11) is 1.63. The van der Waals surface area contributed by atoms with Crippen LogP contribution in [0.3, 0.4) is 0 Å². The fourth-order valence-corrected chi connectivity index (χ4v) is 2.35. The van der Waals surface area contributed by atoms with Crippen LogP contribution in [0.4, 0.5) is 0 Å². The molecule has 0 saturated heterocycles. The van der Waals surface area contributed by atoms with Crippen molar-refractivity contribution in [1.82, 2.24) is 10.3 Å². The van der Waals surface area contributed by atoms with Crippen LogP contribution in [0.5, 0.6) is 17.4 Å². The van der Waals surface area contributed by atoms with Gasteiger partial charge < -0.3 is 20.5 Å². The molecule has 3 N–H and O–H groups in total. The van der Waals surface area contributed by atoms with Crippen LogP contribution in [-0.4, -0.2) is 18.6 Å². The van der Waals surface area contributed by atoms with E-state index in [4.69, 9.17) is 15.2 Å². The number of ether oxygens (including phenoxy) is 2. The second-order valence-electron chi connectivity index (χ2n) is 7.49. The third kappa shape index (κ3) is 6.08. The first-order valence-electron chi connectivity index (χ1n) is 8.75. The van der Waals surface area contributed by atoms with Crippen LogP contribution in [0, 0.1) is 5.41 Å². The zero-order chi connectivity index (χ0) is 19.2. The van der Waals surface area contributed by atoms with E-state index in [0.717, 1.165) is 30.6 Å². The second-order valence-corrected chi connectivity index (χ2v) is 7.49. The maximum absolute atomic E-state index is 5.83. The van der Waals surface area contributed by atoms with Crippen LogP contribution in [-0.2, 0) is 6.54 Å². The molecule has 0 bridgehead atoms. The molecule has 5 heteroatoms. The van der Waals surface area contributed by atoms with Crippen molar-refractivity contribution in [3.05, 3.63) is 54.2 Å². The van der Waals surface area contributed by atoms with Crippen LogP contribution in [0.15, 0.2) is 43.1 Å². The highest BCUT2D eigenvalue weighted by atomic mass is 16.5. The van der Waals surface area contributed by atoms with Crippen molar-refractivity contribution in [2.24, 2.45) is 11.1 Å². The van der Waals surface area contributed by atoms with E-state index in [2.05, 4.69) is 37.7 Å². The molecule has 0 fully saturated rings. The SMILES string of the molecule is C=C(N)c1ccc(Oc2ccc(CNCCC(C)(C)C)cc2OC)nc1. The Hall–Kier alpha value is -2.53. The predicted octanol–water partition coefficient (Wildman–Crippen LogP) is 4.34. The minimum absolute atomic E-state index is 0.335. The fourth-order valence-electron chi connectivity index (χ4n) is 2.35. The van der Waals surface area contributed by atoms with E-state index < -0.39 is 0 Å². The fraction of sp³-hybridized carbons (Fsp3) is 0.381. The largest absolute Gasteiger partial charge is 0.493 e. The van der Waals surface area contributed by atoms with Crippen LogP contribution >= 0.6 is 0 Å². The first-order chi connectivity index (χ1) is 12.3. The average molecular weight is 355 g/mol. The Labute approximate surface area is 156 Å². The zero-order valence-corrected chi connectivity index (χ0v) is 16.1. The van der Waals surface area contributed by atoms with E-state index in [9.17, 15) is 0 Å². The molecule has 2 rings (SSSR count). The average Bonchev–Trinajstić information content (AvgIpc) is 2.59. The second kappa shape index (κ2) is 8.72. The summed E-state index contributed by atoms with van der Waals surface area (Å²) >= 11 is 0. The number of rotatable bonds is 8. The van der Waals surface area contributed by atoms with E-state index in [0.29, 0.717) is 28.5 Å². The van der Waals surface area contributed by atoms with Gasteiger partial charge in [0.05, 0.1) is 7.11 Å². The molecule has 0 unspecified atom stereocenters. The van der Waals surface area contributed by atoms with Gasteiger partial charge in [0, 0.05) is 30.1 Å². The maximum atomic E-state index is 5.83. The van der Waals surface area contributed by atoms with Crippen LogP contribution in [0.2, 0.25) is 0 Å². The summed E-state index contributed by atoms with van der Waals surface area (Å²) in [5.41, 5.74) is 8.39. The van der Waals surface area contributed by atoms with Gasteiger partial charge in [0.15, 0.2) is 11.5 Å². The van der Waals surface area contributed by atoms with Crippen molar-refractivity contribution in [2.45, 2.75) is 33.7 Å². The molecule has 140 valence electrons. The number of nitrogens with two attached hydrogens (primary N) is 1. The Balaban J connectivity index is 2.00. The summed E-state index contributed by atoms with van der Waals surface area (Å²) in [4.78, 5) is 4.25. The van der Waals surface area contributed by atoms with Crippen molar-refractivity contribution >= 4 is 5.70 Å². The highest BCUT2D eigenvalue weighted by Gasteiger charge is 2.10. The van der Waals surface area contributed by atoms with Crippen LogP contribution in [0.1, 0.15) is 38.3 Å². The van der Waals surface area contributed by atoms with Crippen molar-refractivity contribution in [3.8, 4) is 17.4 Å². The summed E-state index contributed by atoms with van der Waals surface area (Å²) in [5, 5.41) is 3.47. The summed E-state index contributed by atoms with van der Waals surface area (Å²) < 4.78 is 11.3. The molecule has 5 nitrogen and oxygen atoms in total. The Morgan fingerprint density at radius 1 is 1.19 bits per heavy atom. The number of hydrogen-bond donors (Lipinski definition) is 2. The molecular formula is C21H29N3O2. The number of aromatic nitrogens is 1. The molecule has 0 aliphatic rings. The minimum atomic E-state index is 0.335. The molecule has 2 aromatic rings. The quantitative estimate of drug-likeness (QED) is 0.690.